The third kappa shape index (κ3) is 4.79. The molecule has 1 fully saturated rings. The Morgan fingerprint density at radius 3 is 2.64 bits per heavy atom. The molecule has 1 aliphatic rings. The zero-order chi connectivity index (χ0) is 20.1. The first kappa shape index (κ1) is 20.1. The highest BCUT2D eigenvalue weighted by Gasteiger charge is 2.32. The first-order valence-corrected chi connectivity index (χ1v) is 9.95. The molecule has 7 heteroatoms. The van der Waals surface area contributed by atoms with Gasteiger partial charge in [-0.15, -0.1) is 0 Å². The Balaban J connectivity index is 1.63. The molecule has 5 nitrogen and oxygen atoms in total. The summed E-state index contributed by atoms with van der Waals surface area (Å²) in [5.74, 6) is 0.334. The van der Waals surface area contributed by atoms with Crippen LogP contribution in [0.4, 0.5) is 5.69 Å². The van der Waals surface area contributed by atoms with E-state index in [4.69, 9.17) is 17.0 Å². The number of methoxy groups -OCH3 is 1. The largest absolute Gasteiger partial charge is 0.496 e. The molecule has 1 N–H and O–H groups in total. The Morgan fingerprint density at radius 1 is 1.21 bits per heavy atom. The van der Waals surface area contributed by atoms with Crippen LogP contribution in [0.15, 0.2) is 53.4 Å². The minimum absolute atomic E-state index is 0.161. The van der Waals surface area contributed by atoms with E-state index >= 15 is 0 Å². The first-order valence-electron chi connectivity index (χ1n) is 8.73. The maximum absolute atomic E-state index is 12.7. The van der Waals surface area contributed by atoms with Gasteiger partial charge in [0.15, 0.2) is 0 Å². The Labute approximate surface area is 173 Å². The lowest BCUT2D eigenvalue weighted by atomic mass is 10.2. The van der Waals surface area contributed by atoms with Crippen molar-refractivity contribution < 1.29 is 14.3 Å². The van der Waals surface area contributed by atoms with Crippen LogP contribution in [0.3, 0.4) is 0 Å². The van der Waals surface area contributed by atoms with E-state index < -0.39 is 0 Å². The lowest BCUT2D eigenvalue weighted by Crippen LogP contribution is -2.31. The van der Waals surface area contributed by atoms with Crippen LogP contribution < -0.4 is 10.1 Å². The highest BCUT2D eigenvalue weighted by atomic mass is 32.2. The topological polar surface area (TPSA) is 58.6 Å². The summed E-state index contributed by atoms with van der Waals surface area (Å²) in [6.45, 7) is 2.23. The minimum atomic E-state index is -0.191. The van der Waals surface area contributed by atoms with E-state index in [-0.39, 0.29) is 24.8 Å². The molecule has 1 saturated heterocycles. The van der Waals surface area contributed by atoms with Gasteiger partial charge >= 0.3 is 0 Å². The fraction of sp³-hybridized carbons (Fsp3) is 0.190. The number of benzene rings is 2. The van der Waals surface area contributed by atoms with Gasteiger partial charge in [-0.25, -0.2) is 0 Å². The standard InChI is InChI=1S/C21H20N2O3S2/c1-14-7-9-16(10-8-14)22-19(24)11-12-23-20(25)18(28-21(23)27)13-15-5-3-4-6-17(15)26-2/h3-10,13H,11-12H2,1-2H3,(H,22,24)/b18-13+. The van der Waals surface area contributed by atoms with Crippen LogP contribution in [0.2, 0.25) is 0 Å². The molecular formula is C21H20N2O3S2. The third-order valence-electron chi connectivity index (χ3n) is 4.20. The molecule has 144 valence electrons. The molecule has 0 bridgehead atoms. The quantitative estimate of drug-likeness (QED) is 0.568. The first-order chi connectivity index (χ1) is 13.5. The second kappa shape index (κ2) is 9.03. The minimum Gasteiger partial charge on any atom is -0.496 e. The number of anilines is 1. The smallest absolute Gasteiger partial charge is 0.266 e. The van der Waals surface area contributed by atoms with Crippen molar-refractivity contribution in [2.75, 3.05) is 19.0 Å². The molecule has 0 atom stereocenters. The van der Waals surface area contributed by atoms with Crippen LogP contribution in [0.25, 0.3) is 6.08 Å². The summed E-state index contributed by atoms with van der Waals surface area (Å²) in [4.78, 5) is 26.9. The summed E-state index contributed by atoms with van der Waals surface area (Å²) in [5.41, 5.74) is 2.66. The van der Waals surface area contributed by atoms with Gasteiger partial charge in [0, 0.05) is 24.2 Å². The van der Waals surface area contributed by atoms with Crippen molar-refractivity contribution >= 4 is 51.9 Å². The number of thiocarbonyl (C=S) groups is 1. The Hall–Kier alpha value is -2.64. The predicted molar refractivity (Wildman–Crippen MR) is 117 cm³/mol. The Morgan fingerprint density at radius 2 is 1.93 bits per heavy atom. The number of nitrogens with zero attached hydrogens (tertiary/aromatic N) is 1. The number of amides is 2. The predicted octanol–water partition coefficient (Wildman–Crippen LogP) is 4.23. The molecule has 2 aromatic rings. The fourth-order valence-corrected chi connectivity index (χ4v) is 3.99. The summed E-state index contributed by atoms with van der Waals surface area (Å²) in [6.07, 6.45) is 1.94. The number of para-hydroxylation sites is 1. The van der Waals surface area contributed by atoms with Crippen molar-refractivity contribution in [2.45, 2.75) is 13.3 Å². The third-order valence-corrected chi connectivity index (χ3v) is 5.57. The number of ether oxygens (including phenoxy) is 1. The SMILES string of the molecule is COc1ccccc1/C=C1/SC(=S)N(CCC(=O)Nc2ccc(C)cc2)C1=O. The number of hydrogen-bond donors (Lipinski definition) is 1. The van der Waals surface area contributed by atoms with Crippen molar-refractivity contribution in [3.8, 4) is 5.75 Å². The van der Waals surface area contributed by atoms with Crippen molar-refractivity contribution in [2.24, 2.45) is 0 Å². The van der Waals surface area contributed by atoms with Crippen LogP contribution in [-0.4, -0.2) is 34.7 Å². The van der Waals surface area contributed by atoms with E-state index in [9.17, 15) is 9.59 Å². The van der Waals surface area contributed by atoms with Gasteiger partial charge in [-0.05, 0) is 31.2 Å². The number of hydrogen-bond acceptors (Lipinski definition) is 5. The monoisotopic (exact) mass is 412 g/mol. The van der Waals surface area contributed by atoms with Gasteiger partial charge in [0.25, 0.3) is 5.91 Å². The second-order valence-corrected chi connectivity index (χ2v) is 7.92. The van der Waals surface area contributed by atoms with Gasteiger partial charge < -0.3 is 10.1 Å². The molecule has 3 rings (SSSR count). The van der Waals surface area contributed by atoms with Crippen molar-refractivity contribution in [3.63, 3.8) is 0 Å². The summed E-state index contributed by atoms with van der Waals surface area (Å²) in [5, 5.41) is 2.83. The zero-order valence-electron chi connectivity index (χ0n) is 15.6. The molecule has 0 spiro atoms. The summed E-state index contributed by atoms with van der Waals surface area (Å²) in [7, 11) is 1.59. The lowest BCUT2D eigenvalue weighted by molar-refractivity contribution is -0.122. The molecular weight excluding hydrogens is 392 g/mol. The number of carbonyl (C=O) groups excluding carboxylic acids is 2. The number of thioether (sulfide) groups is 1. The van der Waals surface area contributed by atoms with Crippen molar-refractivity contribution in [3.05, 3.63) is 64.6 Å². The summed E-state index contributed by atoms with van der Waals surface area (Å²) >= 11 is 6.57. The van der Waals surface area contributed by atoms with Gasteiger partial charge in [-0.3, -0.25) is 14.5 Å². The molecule has 1 aliphatic heterocycles. The molecule has 0 saturated carbocycles. The van der Waals surface area contributed by atoms with Crippen molar-refractivity contribution in [1.29, 1.82) is 0 Å². The molecule has 2 aromatic carbocycles. The van der Waals surface area contributed by atoms with Crippen LogP contribution >= 0.6 is 24.0 Å². The average Bonchev–Trinajstić information content (AvgIpc) is 2.95. The van der Waals surface area contributed by atoms with Gasteiger partial charge in [-0.1, -0.05) is 59.9 Å². The van der Waals surface area contributed by atoms with Crippen molar-refractivity contribution in [1.82, 2.24) is 4.90 Å². The van der Waals surface area contributed by atoms with Crippen LogP contribution in [0, 0.1) is 6.92 Å². The number of nitrogens with one attached hydrogen (secondary N) is 1. The maximum Gasteiger partial charge on any atom is 0.266 e. The molecule has 0 aliphatic carbocycles. The molecule has 0 unspecified atom stereocenters. The molecule has 28 heavy (non-hydrogen) atoms. The van der Waals surface area contributed by atoms with Crippen LogP contribution in [0.5, 0.6) is 5.75 Å². The molecule has 0 radical (unpaired) electrons. The molecule has 2 amide bonds. The fourth-order valence-electron chi connectivity index (χ4n) is 2.69. The second-order valence-electron chi connectivity index (χ2n) is 6.24. The molecule has 0 aromatic heterocycles. The van der Waals surface area contributed by atoms with E-state index in [1.54, 1.807) is 13.2 Å². The van der Waals surface area contributed by atoms with E-state index in [0.717, 1.165) is 16.8 Å². The van der Waals surface area contributed by atoms with E-state index in [0.29, 0.717) is 15.0 Å². The average molecular weight is 413 g/mol. The highest BCUT2D eigenvalue weighted by Crippen LogP contribution is 2.34. The van der Waals surface area contributed by atoms with E-state index in [2.05, 4.69) is 5.32 Å². The summed E-state index contributed by atoms with van der Waals surface area (Å²) in [6, 6.07) is 15.0. The highest BCUT2D eigenvalue weighted by molar-refractivity contribution is 8.26. The van der Waals surface area contributed by atoms with Gasteiger partial charge in [0.1, 0.15) is 10.1 Å². The van der Waals surface area contributed by atoms with Crippen LogP contribution in [-0.2, 0) is 9.59 Å². The Kier molecular flexibility index (Phi) is 6.49. The molecule has 1 heterocycles. The van der Waals surface area contributed by atoms with Gasteiger partial charge in [-0.2, -0.15) is 0 Å². The Bertz CT molecular complexity index is 939. The van der Waals surface area contributed by atoms with E-state index in [1.807, 2.05) is 55.5 Å². The van der Waals surface area contributed by atoms with E-state index in [1.165, 1.54) is 16.7 Å². The number of carbonyl (C=O) groups is 2. The van der Waals surface area contributed by atoms with Crippen LogP contribution in [0.1, 0.15) is 17.5 Å². The normalized spacial score (nSPS) is 15.2. The number of rotatable bonds is 6. The maximum atomic E-state index is 12.7. The lowest BCUT2D eigenvalue weighted by Gasteiger charge is -2.14. The number of aryl methyl sites for hydroxylation is 1. The van der Waals surface area contributed by atoms with Gasteiger partial charge in [0.2, 0.25) is 5.91 Å². The summed E-state index contributed by atoms with van der Waals surface area (Å²) < 4.78 is 5.78. The zero-order valence-corrected chi connectivity index (χ0v) is 17.2. The van der Waals surface area contributed by atoms with Gasteiger partial charge in [0.05, 0.1) is 12.0 Å².